The molecule has 8 heteroatoms. The number of nitrogens with one attached hydrogen (secondary N) is 2. The summed E-state index contributed by atoms with van der Waals surface area (Å²) in [5.41, 5.74) is 1.03. The van der Waals surface area contributed by atoms with Crippen LogP contribution in [-0.2, 0) is 4.79 Å². The van der Waals surface area contributed by atoms with Crippen LogP contribution in [0.4, 0.5) is 15.8 Å². The van der Waals surface area contributed by atoms with Crippen LogP contribution in [-0.4, -0.2) is 29.8 Å². The van der Waals surface area contributed by atoms with E-state index < -0.39 is 5.82 Å². The first-order valence-corrected chi connectivity index (χ1v) is 9.30. The first kappa shape index (κ1) is 19.2. The summed E-state index contributed by atoms with van der Waals surface area (Å²) >= 11 is 3.18. The van der Waals surface area contributed by atoms with Crippen molar-refractivity contribution in [2.24, 2.45) is 5.92 Å². The van der Waals surface area contributed by atoms with Crippen LogP contribution in [0, 0.1) is 16.6 Å². The second-order valence-corrected chi connectivity index (χ2v) is 7.27. The minimum atomic E-state index is -0.499. The lowest BCUT2D eigenvalue weighted by molar-refractivity contribution is -0.379. The first-order chi connectivity index (χ1) is 13.0. The summed E-state index contributed by atoms with van der Waals surface area (Å²) in [5.74, 6) is -1.15. The molecule has 1 heterocycles. The molecule has 1 saturated heterocycles. The van der Waals surface area contributed by atoms with Gasteiger partial charge in [-0.3, -0.25) is 9.59 Å². The Labute approximate surface area is 163 Å². The van der Waals surface area contributed by atoms with E-state index in [1.165, 1.54) is 12.1 Å². The molecule has 27 heavy (non-hydrogen) atoms. The third-order valence-electron chi connectivity index (χ3n) is 4.59. The Morgan fingerprint density at radius 2 is 1.78 bits per heavy atom. The molecule has 140 valence electrons. The number of hydrogen-bond acceptors (Lipinski definition) is 3. The lowest BCUT2D eigenvalue weighted by Crippen LogP contribution is -2.55. The highest BCUT2D eigenvalue weighted by Crippen LogP contribution is 2.24. The van der Waals surface area contributed by atoms with E-state index in [9.17, 15) is 18.9 Å². The molecule has 0 bridgehead atoms. The zero-order valence-electron chi connectivity index (χ0n) is 14.4. The van der Waals surface area contributed by atoms with Crippen molar-refractivity contribution < 1.29 is 19.2 Å². The van der Waals surface area contributed by atoms with Gasteiger partial charge in [0.05, 0.1) is 5.69 Å². The lowest BCUT2D eigenvalue weighted by Gasteiger charge is -2.31. The number of halogens is 2. The average molecular weight is 435 g/mol. The normalized spacial score (nSPS) is 14.7. The molecule has 3 rings (SSSR count). The van der Waals surface area contributed by atoms with Crippen molar-refractivity contribution in [3.8, 4) is 0 Å². The molecule has 0 saturated carbocycles. The van der Waals surface area contributed by atoms with E-state index in [4.69, 9.17) is 0 Å². The molecule has 0 aliphatic carbocycles. The highest BCUT2D eigenvalue weighted by Gasteiger charge is 2.28. The summed E-state index contributed by atoms with van der Waals surface area (Å²) in [6, 6.07) is 10.8. The zero-order chi connectivity index (χ0) is 19.4. The molecule has 0 atom stereocenters. The van der Waals surface area contributed by atoms with Gasteiger partial charge in [-0.25, -0.2) is 4.39 Å². The van der Waals surface area contributed by atoms with Crippen LogP contribution in [0.2, 0.25) is 0 Å². The van der Waals surface area contributed by atoms with E-state index in [1.807, 2.05) is 0 Å². The van der Waals surface area contributed by atoms with Gasteiger partial charge in [0.15, 0.2) is 0 Å². The van der Waals surface area contributed by atoms with Crippen molar-refractivity contribution in [2.45, 2.75) is 12.8 Å². The van der Waals surface area contributed by atoms with Gasteiger partial charge in [-0.15, -0.1) is 0 Å². The Bertz CT molecular complexity index is 865. The maximum atomic E-state index is 13.9. The molecule has 1 fully saturated rings. The van der Waals surface area contributed by atoms with Crippen molar-refractivity contribution >= 4 is 39.1 Å². The van der Waals surface area contributed by atoms with Gasteiger partial charge < -0.3 is 10.2 Å². The predicted molar refractivity (Wildman–Crippen MR) is 102 cm³/mol. The highest BCUT2D eigenvalue weighted by atomic mass is 79.9. The summed E-state index contributed by atoms with van der Waals surface area (Å²) in [6.45, 7) is 0.891. The molecule has 2 N–H and O–H groups in total. The van der Waals surface area contributed by atoms with Gasteiger partial charge in [0.1, 0.15) is 5.82 Å². The molecule has 1 aliphatic heterocycles. The number of nitroso groups, excluding NO2 is 1. The van der Waals surface area contributed by atoms with Gasteiger partial charge in [0.2, 0.25) is 5.91 Å². The maximum Gasteiger partial charge on any atom is 0.253 e. The number of benzene rings is 2. The number of rotatable bonds is 4. The number of likely N-dealkylation sites (tertiary alicyclic amines) is 1. The van der Waals surface area contributed by atoms with Crippen LogP contribution in [0.25, 0.3) is 0 Å². The largest absolute Gasteiger partial charge is 0.339 e. The lowest BCUT2D eigenvalue weighted by atomic mass is 9.95. The van der Waals surface area contributed by atoms with Crippen molar-refractivity contribution in [1.29, 1.82) is 0 Å². The Kier molecular flexibility index (Phi) is 5.95. The van der Waals surface area contributed by atoms with E-state index in [2.05, 4.69) is 21.2 Å². The van der Waals surface area contributed by atoms with Crippen molar-refractivity contribution in [1.82, 2.24) is 4.90 Å². The van der Waals surface area contributed by atoms with Gasteiger partial charge in [-0.05, 0) is 43.2 Å². The maximum absolute atomic E-state index is 13.9. The topological polar surface area (TPSA) is 80.5 Å². The van der Waals surface area contributed by atoms with Crippen LogP contribution in [0.15, 0.2) is 46.9 Å². The number of carbonyl (C=O) groups is 2. The van der Waals surface area contributed by atoms with Crippen LogP contribution in [0.3, 0.4) is 0 Å². The molecule has 2 aromatic carbocycles. The van der Waals surface area contributed by atoms with Gasteiger partial charge >= 0.3 is 0 Å². The molecule has 2 amide bonds. The molecular weight excluding hydrogens is 417 g/mol. The van der Waals surface area contributed by atoms with Crippen molar-refractivity contribution in [3.05, 3.63) is 63.2 Å². The van der Waals surface area contributed by atoms with Gasteiger partial charge in [0, 0.05) is 51.3 Å². The third-order valence-corrected chi connectivity index (χ3v) is 5.08. The fourth-order valence-electron chi connectivity index (χ4n) is 3.03. The minimum Gasteiger partial charge on any atom is -0.339 e. The van der Waals surface area contributed by atoms with E-state index in [-0.39, 0.29) is 23.4 Å². The number of anilines is 1. The van der Waals surface area contributed by atoms with Crippen LogP contribution in [0.1, 0.15) is 23.2 Å². The molecule has 2 aromatic rings. The molecule has 0 radical (unpaired) electrons. The van der Waals surface area contributed by atoms with Crippen LogP contribution < -0.4 is 10.5 Å². The molecule has 1 aliphatic rings. The van der Waals surface area contributed by atoms with E-state index in [0.717, 1.165) is 0 Å². The number of carbonyl (C=O) groups excluding carboxylic acids is 2. The number of piperidine rings is 1. The quantitative estimate of drug-likeness (QED) is 0.775. The number of amides is 2. The summed E-state index contributed by atoms with van der Waals surface area (Å²) < 4.78 is 14.5. The zero-order valence-corrected chi connectivity index (χ0v) is 16.0. The fourth-order valence-corrected chi connectivity index (χ4v) is 3.37. The van der Waals surface area contributed by atoms with Crippen molar-refractivity contribution in [3.63, 3.8) is 0 Å². The summed E-state index contributed by atoms with van der Waals surface area (Å²) in [7, 11) is 0. The predicted octanol–water partition coefficient (Wildman–Crippen LogP) is 2.56. The van der Waals surface area contributed by atoms with Gasteiger partial charge in [-0.1, -0.05) is 15.9 Å². The number of nitrogens with zero attached hydrogens (tertiary/aromatic N) is 1. The molecule has 0 aromatic heterocycles. The minimum absolute atomic E-state index is 0.134. The Morgan fingerprint density at radius 1 is 1.11 bits per heavy atom. The smallest absolute Gasteiger partial charge is 0.253 e. The molecule has 0 unspecified atom stereocenters. The van der Waals surface area contributed by atoms with Crippen LogP contribution >= 0.6 is 15.9 Å². The van der Waals surface area contributed by atoms with E-state index in [1.54, 1.807) is 40.4 Å². The van der Waals surface area contributed by atoms with Crippen molar-refractivity contribution in [2.75, 3.05) is 18.4 Å². The molecule has 0 spiro atoms. The second-order valence-electron chi connectivity index (χ2n) is 6.36. The monoisotopic (exact) mass is 434 g/mol. The molecular formula is C19H18BrFN3O3+. The highest BCUT2D eigenvalue weighted by molar-refractivity contribution is 9.10. The Morgan fingerprint density at radius 3 is 2.37 bits per heavy atom. The summed E-state index contributed by atoms with van der Waals surface area (Å²) in [4.78, 5) is 37.2. The van der Waals surface area contributed by atoms with Gasteiger partial charge in [0.25, 0.3) is 11.6 Å². The molecule has 6 nitrogen and oxygen atoms in total. The second kappa shape index (κ2) is 8.39. The van der Waals surface area contributed by atoms with E-state index >= 15 is 0 Å². The Hall–Kier alpha value is -2.61. The fraction of sp³-hybridized carbons (Fsp3) is 0.263. The van der Waals surface area contributed by atoms with E-state index in [0.29, 0.717) is 41.7 Å². The Balaban J connectivity index is 1.56. The first-order valence-electron chi connectivity index (χ1n) is 8.51. The average Bonchev–Trinajstić information content (AvgIpc) is 2.69. The third kappa shape index (κ3) is 4.57. The SMILES string of the molecule is O=[NH+]c1ccc(C(=O)N2CCC(C(=O)Nc3ccc(Br)cc3F)CC2)cc1. The standard InChI is InChI=1S/C19H17BrFN3O3/c20-14-3-6-17(16(21)11-14)22-18(25)12-7-9-24(10-8-12)19(26)13-1-4-15(23-27)5-2-13/h1-6,11-12H,7-10H2,(H,22,25)/p+1. The van der Waals surface area contributed by atoms with Crippen LogP contribution in [0.5, 0.6) is 0 Å². The summed E-state index contributed by atoms with van der Waals surface area (Å²) in [6.07, 6.45) is 1.02. The van der Waals surface area contributed by atoms with Gasteiger partial charge in [-0.2, -0.15) is 0 Å². The number of hydrogen-bond donors (Lipinski definition) is 2. The summed E-state index contributed by atoms with van der Waals surface area (Å²) in [5, 5.41) is 4.39.